The molecule has 1 saturated carbocycles. The molecule has 0 bridgehead atoms. The fourth-order valence-corrected chi connectivity index (χ4v) is 3.43. The van der Waals surface area contributed by atoms with Crippen molar-refractivity contribution in [2.75, 3.05) is 0 Å². The molecule has 2 atom stereocenters. The highest BCUT2D eigenvalue weighted by Gasteiger charge is 2.38. The van der Waals surface area contributed by atoms with Crippen LogP contribution < -0.4 is 0 Å². The summed E-state index contributed by atoms with van der Waals surface area (Å²) in [7, 11) is 0. The van der Waals surface area contributed by atoms with Gasteiger partial charge in [0.05, 0.1) is 0 Å². The molecule has 0 spiro atoms. The summed E-state index contributed by atoms with van der Waals surface area (Å²) in [5, 5.41) is 0. The van der Waals surface area contributed by atoms with E-state index in [9.17, 15) is 0 Å². The van der Waals surface area contributed by atoms with E-state index >= 15 is 0 Å². The van der Waals surface area contributed by atoms with Crippen molar-refractivity contribution in [1.29, 1.82) is 0 Å². The fourth-order valence-electron chi connectivity index (χ4n) is 3.43. The molecule has 116 valence electrons. The van der Waals surface area contributed by atoms with Crippen molar-refractivity contribution in [3.8, 4) is 0 Å². The van der Waals surface area contributed by atoms with E-state index in [1.165, 1.54) is 25.7 Å². The van der Waals surface area contributed by atoms with Crippen molar-refractivity contribution in [2.45, 2.75) is 103 Å². The second-order valence-corrected chi connectivity index (χ2v) is 6.02. The Labute approximate surface area is 120 Å². The third-order valence-corrected chi connectivity index (χ3v) is 3.50. The van der Waals surface area contributed by atoms with E-state index in [1.54, 1.807) is 0 Å². The molecule has 0 heteroatoms. The summed E-state index contributed by atoms with van der Waals surface area (Å²) < 4.78 is 0. The van der Waals surface area contributed by atoms with Gasteiger partial charge in [-0.15, -0.1) is 0 Å². The van der Waals surface area contributed by atoms with Crippen LogP contribution >= 0.6 is 0 Å². The van der Waals surface area contributed by atoms with Crippen LogP contribution in [0.4, 0.5) is 0 Å². The third kappa shape index (κ3) is 9.97. The first-order valence-electron chi connectivity index (χ1n) is 7.37. The molecule has 0 nitrogen and oxygen atoms in total. The van der Waals surface area contributed by atoms with Crippen molar-refractivity contribution >= 4 is 0 Å². The van der Waals surface area contributed by atoms with Gasteiger partial charge in [-0.1, -0.05) is 83.6 Å². The Morgan fingerprint density at radius 2 is 1.28 bits per heavy atom. The van der Waals surface area contributed by atoms with E-state index in [-0.39, 0.29) is 14.9 Å². The summed E-state index contributed by atoms with van der Waals surface area (Å²) in [6, 6.07) is 0. The van der Waals surface area contributed by atoms with Crippen LogP contribution in [0.2, 0.25) is 0 Å². The number of rotatable bonds is 1. The molecule has 0 N–H and O–H groups in total. The summed E-state index contributed by atoms with van der Waals surface area (Å²) >= 11 is 0. The summed E-state index contributed by atoms with van der Waals surface area (Å²) in [5.74, 6) is 0.929. The maximum absolute atomic E-state index is 2.46. The van der Waals surface area contributed by atoms with Gasteiger partial charge >= 0.3 is 0 Å². The second kappa shape index (κ2) is 12.1. The topological polar surface area (TPSA) is 0 Å². The molecule has 0 aromatic heterocycles. The summed E-state index contributed by atoms with van der Waals surface area (Å²) in [5.41, 5.74) is 1.21. The molecule has 0 radical (unpaired) electrons. The highest BCUT2D eigenvalue weighted by atomic mass is 14.4. The largest absolute Gasteiger partial charge is 0.0776 e. The molecular weight excluding hydrogens is 216 g/mol. The molecule has 1 fully saturated rings. The molecular formula is C18H44. The summed E-state index contributed by atoms with van der Waals surface area (Å²) in [6.45, 7) is 20.1. The van der Waals surface area contributed by atoms with Crippen LogP contribution in [0.5, 0.6) is 0 Å². The first kappa shape index (κ1) is 26.5. The van der Waals surface area contributed by atoms with Gasteiger partial charge in [0.2, 0.25) is 0 Å². The van der Waals surface area contributed by atoms with Gasteiger partial charge in [-0.2, -0.15) is 0 Å². The zero-order valence-electron chi connectivity index (χ0n) is 13.4. The summed E-state index contributed by atoms with van der Waals surface area (Å²) in [6.07, 6.45) is 5.62. The molecule has 0 saturated heterocycles. The Morgan fingerprint density at radius 1 is 0.889 bits per heavy atom. The van der Waals surface area contributed by atoms with E-state index in [2.05, 4.69) is 34.6 Å². The van der Waals surface area contributed by atoms with Gasteiger partial charge in [0.25, 0.3) is 0 Å². The minimum absolute atomic E-state index is 0. The average Bonchev–Trinajstić information content (AvgIpc) is 2.20. The Kier molecular flexibility index (Phi) is 17.8. The van der Waals surface area contributed by atoms with Gasteiger partial charge in [0, 0.05) is 0 Å². The average molecular weight is 261 g/mol. The van der Waals surface area contributed by atoms with Gasteiger partial charge in [-0.3, -0.25) is 0 Å². The Morgan fingerprint density at radius 3 is 1.56 bits per heavy atom. The van der Waals surface area contributed by atoms with Crippen LogP contribution in [0.15, 0.2) is 0 Å². The lowest BCUT2D eigenvalue weighted by Gasteiger charge is -2.45. The SMILES string of the molecule is C.C.CC.CC.CCC1(C)CC(C)CC(C)(C)C1. The molecule has 1 aliphatic carbocycles. The standard InChI is InChI=1S/C12H24.2C2H6.2CH4/c1-6-12(5)8-10(2)7-11(3,4)9-12;2*1-2;;/h10H,6-9H2,1-5H3;2*1-2H3;2*1H4. The van der Waals surface area contributed by atoms with Crippen molar-refractivity contribution in [1.82, 2.24) is 0 Å². The zero-order valence-corrected chi connectivity index (χ0v) is 13.4. The van der Waals surface area contributed by atoms with Crippen molar-refractivity contribution < 1.29 is 0 Å². The van der Waals surface area contributed by atoms with E-state index in [0.29, 0.717) is 10.8 Å². The minimum atomic E-state index is 0. The third-order valence-electron chi connectivity index (χ3n) is 3.50. The maximum atomic E-state index is 2.46. The smallest absolute Gasteiger partial charge is 0.0321 e. The molecule has 0 aromatic rings. The molecule has 2 unspecified atom stereocenters. The van der Waals surface area contributed by atoms with E-state index in [0.717, 1.165) is 5.92 Å². The first-order chi connectivity index (χ1) is 7.37. The minimum Gasteiger partial charge on any atom is -0.0776 e. The van der Waals surface area contributed by atoms with Crippen molar-refractivity contribution in [2.24, 2.45) is 16.7 Å². The Balaban J connectivity index is -0.000000149. The molecule has 1 aliphatic rings. The lowest BCUT2D eigenvalue weighted by molar-refractivity contribution is 0.0582. The normalized spacial score (nSPS) is 28.2. The first-order valence-corrected chi connectivity index (χ1v) is 7.37. The van der Waals surface area contributed by atoms with Gasteiger partial charge in [0.1, 0.15) is 0 Å². The summed E-state index contributed by atoms with van der Waals surface area (Å²) in [4.78, 5) is 0. The molecule has 18 heavy (non-hydrogen) atoms. The predicted octanol–water partition coefficient (Wildman–Crippen LogP) is 7.57. The predicted molar refractivity (Wildman–Crippen MR) is 91.4 cm³/mol. The van der Waals surface area contributed by atoms with Gasteiger partial charge in [0.15, 0.2) is 0 Å². The van der Waals surface area contributed by atoms with E-state index in [4.69, 9.17) is 0 Å². The van der Waals surface area contributed by atoms with E-state index < -0.39 is 0 Å². The van der Waals surface area contributed by atoms with Gasteiger partial charge in [-0.05, 0) is 36.0 Å². The molecule has 0 aromatic carbocycles. The molecule has 0 aliphatic heterocycles. The number of hydrogen-bond donors (Lipinski definition) is 0. The lowest BCUT2D eigenvalue weighted by Crippen LogP contribution is -2.34. The fraction of sp³-hybridized carbons (Fsp3) is 1.00. The quantitative estimate of drug-likeness (QED) is 0.456. The maximum Gasteiger partial charge on any atom is -0.0321 e. The zero-order chi connectivity index (χ0) is 13.4. The molecule has 0 heterocycles. The monoisotopic (exact) mass is 260 g/mol. The highest BCUT2D eigenvalue weighted by Crippen LogP contribution is 2.49. The Bertz CT molecular complexity index is 157. The second-order valence-electron chi connectivity index (χ2n) is 6.02. The van der Waals surface area contributed by atoms with Crippen LogP contribution in [0.3, 0.4) is 0 Å². The lowest BCUT2D eigenvalue weighted by atomic mass is 9.60. The molecule has 0 amide bonds. The van der Waals surface area contributed by atoms with Crippen LogP contribution in [0.1, 0.15) is 103 Å². The van der Waals surface area contributed by atoms with E-state index in [1.807, 2.05) is 27.7 Å². The number of hydrogen-bond acceptors (Lipinski definition) is 0. The van der Waals surface area contributed by atoms with Gasteiger partial charge in [-0.25, -0.2) is 0 Å². The van der Waals surface area contributed by atoms with Gasteiger partial charge < -0.3 is 0 Å². The van der Waals surface area contributed by atoms with Crippen LogP contribution in [0.25, 0.3) is 0 Å². The van der Waals surface area contributed by atoms with Crippen molar-refractivity contribution in [3.63, 3.8) is 0 Å². The highest BCUT2D eigenvalue weighted by molar-refractivity contribution is 4.89. The van der Waals surface area contributed by atoms with Crippen molar-refractivity contribution in [3.05, 3.63) is 0 Å². The van der Waals surface area contributed by atoms with Crippen LogP contribution in [0, 0.1) is 16.7 Å². The molecule has 1 rings (SSSR count). The van der Waals surface area contributed by atoms with Crippen LogP contribution in [-0.2, 0) is 0 Å². The van der Waals surface area contributed by atoms with Crippen LogP contribution in [-0.4, -0.2) is 0 Å². The Hall–Kier alpha value is 0.